The second kappa shape index (κ2) is 4.72. The fourth-order valence-corrected chi connectivity index (χ4v) is 1.71. The third-order valence-electron chi connectivity index (χ3n) is 2.48. The summed E-state index contributed by atoms with van der Waals surface area (Å²) in [5.74, 6) is 1.74. The molecule has 1 aliphatic rings. The van der Waals surface area contributed by atoms with Gasteiger partial charge in [-0.3, -0.25) is 0 Å². The molecular formula is C10H16N2O3. The van der Waals surface area contributed by atoms with E-state index in [1.807, 2.05) is 0 Å². The van der Waals surface area contributed by atoms with E-state index in [0.29, 0.717) is 24.1 Å². The zero-order chi connectivity index (χ0) is 10.7. The SMILES string of the molecule is CC(O)Cc1noc(CC2CCOC2)n1. The number of hydrogen-bond acceptors (Lipinski definition) is 5. The summed E-state index contributed by atoms with van der Waals surface area (Å²) in [5, 5.41) is 13.0. The van der Waals surface area contributed by atoms with E-state index in [2.05, 4.69) is 10.1 Å². The molecule has 0 radical (unpaired) electrons. The predicted octanol–water partition coefficient (Wildman–Crippen LogP) is 0.572. The van der Waals surface area contributed by atoms with Gasteiger partial charge in [0.05, 0.1) is 6.10 Å². The minimum Gasteiger partial charge on any atom is -0.393 e. The lowest BCUT2D eigenvalue weighted by Gasteiger charge is -2.00. The van der Waals surface area contributed by atoms with Crippen LogP contribution in [0.2, 0.25) is 0 Å². The Morgan fingerprint density at radius 2 is 2.47 bits per heavy atom. The van der Waals surface area contributed by atoms with Gasteiger partial charge < -0.3 is 14.4 Å². The molecule has 0 aliphatic carbocycles. The largest absolute Gasteiger partial charge is 0.393 e. The maximum Gasteiger partial charge on any atom is 0.227 e. The quantitative estimate of drug-likeness (QED) is 0.790. The molecule has 2 heterocycles. The van der Waals surface area contributed by atoms with Crippen molar-refractivity contribution in [3.8, 4) is 0 Å². The molecule has 0 bridgehead atoms. The standard InChI is InChI=1S/C10H16N2O3/c1-7(13)4-9-11-10(15-12-9)5-8-2-3-14-6-8/h7-8,13H,2-6H2,1H3. The highest BCUT2D eigenvalue weighted by molar-refractivity contribution is 4.90. The zero-order valence-electron chi connectivity index (χ0n) is 8.85. The van der Waals surface area contributed by atoms with E-state index in [1.165, 1.54) is 0 Å². The lowest BCUT2D eigenvalue weighted by Crippen LogP contribution is -2.06. The minimum absolute atomic E-state index is 0.426. The van der Waals surface area contributed by atoms with Gasteiger partial charge in [0.25, 0.3) is 0 Å². The molecule has 15 heavy (non-hydrogen) atoms. The molecule has 2 unspecified atom stereocenters. The Balaban J connectivity index is 1.88. The highest BCUT2D eigenvalue weighted by atomic mass is 16.5. The molecule has 1 fully saturated rings. The summed E-state index contributed by atoms with van der Waals surface area (Å²) in [7, 11) is 0. The Kier molecular flexibility index (Phi) is 3.33. The van der Waals surface area contributed by atoms with Crippen molar-refractivity contribution in [3.05, 3.63) is 11.7 Å². The van der Waals surface area contributed by atoms with Crippen LogP contribution in [0.4, 0.5) is 0 Å². The molecule has 1 N–H and O–H groups in total. The summed E-state index contributed by atoms with van der Waals surface area (Å²) in [4.78, 5) is 4.22. The Morgan fingerprint density at radius 1 is 1.60 bits per heavy atom. The third-order valence-corrected chi connectivity index (χ3v) is 2.48. The fraction of sp³-hybridized carbons (Fsp3) is 0.800. The molecule has 2 atom stereocenters. The lowest BCUT2D eigenvalue weighted by atomic mass is 10.1. The van der Waals surface area contributed by atoms with E-state index < -0.39 is 6.10 Å². The maximum atomic E-state index is 9.16. The fourth-order valence-electron chi connectivity index (χ4n) is 1.71. The number of aliphatic hydroxyl groups excluding tert-OH is 1. The summed E-state index contributed by atoms with van der Waals surface area (Å²) >= 11 is 0. The topological polar surface area (TPSA) is 68.4 Å². The van der Waals surface area contributed by atoms with Crippen LogP contribution in [0, 0.1) is 5.92 Å². The van der Waals surface area contributed by atoms with Gasteiger partial charge in [0.1, 0.15) is 0 Å². The van der Waals surface area contributed by atoms with E-state index >= 15 is 0 Å². The first kappa shape index (κ1) is 10.6. The van der Waals surface area contributed by atoms with E-state index in [4.69, 9.17) is 14.4 Å². The molecular weight excluding hydrogens is 196 g/mol. The van der Waals surface area contributed by atoms with Gasteiger partial charge in [-0.05, 0) is 19.3 Å². The average Bonchev–Trinajstić information content (AvgIpc) is 2.77. The molecule has 1 aromatic rings. The summed E-state index contributed by atoms with van der Waals surface area (Å²) in [6.07, 6.45) is 1.87. The summed E-state index contributed by atoms with van der Waals surface area (Å²) < 4.78 is 10.4. The van der Waals surface area contributed by atoms with Crippen molar-refractivity contribution in [3.63, 3.8) is 0 Å². The smallest absolute Gasteiger partial charge is 0.227 e. The Hall–Kier alpha value is -0.940. The molecule has 0 amide bonds. The number of hydrogen-bond donors (Lipinski definition) is 1. The monoisotopic (exact) mass is 212 g/mol. The number of nitrogens with zero attached hydrogens (tertiary/aromatic N) is 2. The van der Waals surface area contributed by atoms with Gasteiger partial charge in [-0.1, -0.05) is 5.16 Å². The van der Waals surface area contributed by atoms with Gasteiger partial charge >= 0.3 is 0 Å². The maximum absolute atomic E-state index is 9.16. The van der Waals surface area contributed by atoms with Crippen LogP contribution in [0.5, 0.6) is 0 Å². The summed E-state index contributed by atoms with van der Waals surface area (Å²) in [6.45, 7) is 3.33. The Bertz CT molecular complexity index is 305. The van der Waals surface area contributed by atoms with Crippen molar-refractivity contribution < 1.29 is 14.4 Å². The van der Waals surface area contributed by atoms with Crippen LogP contribution in [0.15, 0.2) is 4.52 Å². The molecule has 1 aromatic heterocycles. The van der Waals surface area contributed by atoms with Crippen molar-refractivity contribution in [1.29, 1.82) is 0 Å². The first-order valence-corrected chi connectivity index (χ1v) is 5.31. The van der Waals surface area contributed by atoms with Crippen molar-refractivity contribution in [1.82, 2.24) is 10.1 Å². The normalized spacial score (nSPS) is 23.2. The van der Waals surface area contributed by atoms with Crippen LogP contribution in [0.25, 0.3) is 0 Å². The summed E-state index contributed by atoms with van der Waals surface area (Å²) in [5.41, 5.74) is 0. The Morgan fingerprint density at radius 3 is 3.13 bits per heavy atom. The van der Waals surface area contributed by atoms with Gasteiger partial charge in [-0.2, -0.15) is 4.98 Å². The first-order chi connectivity index (χ1) is 7.24. The minimum atomic E-state index is -0.426. The highest BCUT2D eigenvalue weighted by Gasteiger charge is 2.19. The molecule has 5 nitrogen and oxygen atoms in total. The number of aliphatic hydroxyl groups is 1. The van der Waals surface area contributed by atoms with Gasteiger partial charge in [-0.25, -0.2) is 0 Å². The van der Waals surface area contributed by atoms with Gasteiger partial charge in [0.15, 0.2) is 5.82 Å². The van der Waals surface area contributed by atoms with E-state index in [-0.39, 0.29) is 0 Å². The van der Waals surface area contributed by atoms with Crippen molar-refractivity contribution in [2.24, 2.45) is 5.92 Å². The van der Waals surface area contributed by atoms with E-state index in [1.54, 1.807) is 6.92 Å². The van der Waals surface area contributed by atoms with Crippen LogP contribution >= 0.6 is 0 Å². The van der Waals surface area contributed by atoms with Gasteiger partial charge in [-0.15, -0.1) is 0 Å². The first-order valence-electron chi connectivity index (χ1n) is 5.31. The van der Waals surface area contributed by atoms with Crippen molar-refractivity contribution in [2.75, 3.05) is 13.2 Å². The predicted molar refractivity (Wildman–Crippen MR) is 52.3 cm³/mol. The number of ether oxygens (including phenoxy) is 1. The molecule has 0 saturated carbocycles. The average molecular weight is 212 g/mol. The molecule has 0 aromatic carbocycles. The van der Waals surface area contributed by atoms with Crippen LogP contribution in [0.1, 0.15) is 25.1 Å². The second-order valence-corrected chi connectivity index (χ2v) is 4.09. The molecule has 84 valence electrons. The molecule has 2 rings (SSSR count). The van der Waals surface area contributed by atoms with Crippen molar-refractivity contribution in [2.45, 2.75) is 32.3 Å². The molecule has 1 aliphatic heterocycles. The molecule has 5 heteroatoms. The third kappa shape index (κ3) is 3.00. The van der Waals surface area contributed by atoms with Gasteiger partial charge in [0, 0.05) is 26.1 Å². The number of rotatable bonds is 4. The summed E-state index contributed by atoms with van der Waals surface area (Å²) in [6, 6.07) is 0. The van der Waals surface area contributed by atoms with Crippen LogP contribution in [-0.4, -0.2) is 34.6 Å². The second-order valence-electron chi connectivity index (χ2n) is 4.09. The lowest BCUT2D eigenvalue weighted by molar-refractivity contribution is 0.183. The zero-order valence-corrected chi connectivity index (χ0v) is 8.85. The molecule has 0 spiro atoms. The van der Waals surface area contributed by atoms with Crippen molar-refractivity contribution >= 4 is 0 Å². The van der Waals surface area contributed by atoms with E-state index in [0.717, 1.165) is 26.1 Å². The highest BCUT2D eigenvalue weighted by Crippen LogP contribution is 2.17. The van der Waals surface area contributed by atoms with E-state index in [9.17, 15) is 0 Å². The Labute approximate surface area is 88.4 Å². The van der Waals surface area contributed by atoms with Crippen LogP contribution < -0.4 is 0 Å². The van der Waals surface area contributed by atoms with Crippen LogP contribution in [-0.2, 0) is 17.6 Å². The molecule has 1 saturated heterocycles. The van der Waals surface area contributed by atoms with Gasteiger partial charge in [0.2, 0.25) is 5.89 Å². The van der Waals surface area contributed by atoms with Crippen LogP contribution in [0.3, 0.4) is 0 Å². The number of aromatic nitrogens is 2.